The average molecular weight is 222 g/mol. The highest BCUT2D eigenvalue weighted by Crippen LogP contribution is 2.20. The molecule has 0 saturated heterocycles. The summed E-state index contributed by atoms with van der Waals surface area (Å²) in [5, 5.41) is 0.971. The molecule has 0 unspecified atom stereocenters. The van der Waals surface area contributed by atoms with Crippen molar-refractivity contribution in [2.45, 2.75) is 26.7 Å². The van der Waals surface area contributed by atoms with E-state index in [1.54, 1.807) is 12.1 Å². The van der Waals surface area contributed by atoms with E-state index >= 15 is 0 Å². The van der Waals surface area contributed by atoms with Crippen molar-refractivity contribution in [3.63, 3.8) is 0 Å². The van der Waals surface area contributed by atoms with E-state index in [1.807, 2.05) is 20.0 Å². The summed E-state index contributed by atoms with van der Waals surface area (Å²) in [7, 11) is 0. The van der Waals surface area contributed by atoms with Crippen LogP contribution in [-0.4, -0.2) is 11.5 Å². The van der Waals surface area contributed by atoms with E-state index in [-0.39, 0.29) is 5.82 Å². The number of aryl methyl sites for hydroxylation is 1. The summed E-state index contributed by atoms with van der Waals surface area (Å²) in [5.74, 6) is -0.189. The Labute approximate surface area is 95.7 Å². The van der Waals surface area contributed by atoms with Gasteiger partial charge in [0.2, 0.25) is 0 Å². The van der Waals surface area contributed by atoms with Crippen molar-refractivity contribution in [3.05, 3.63) is 35.8 Å². The Bertz CT molecular complexity index is 434. The highest BCUT2D eigenvalue weighted by atomic mass is 19.1. The second-order valence-corrected chi connectivity index (χ2v) is 3.40. The molecule has 0 spiro atoms. The van der Waals surface area contributed by atoms with E-state index in [1.165, 1.54) is 6.07 Å². The first-order valence-corrected chi connectivity index (χ1v) is 5.77. The summed E-state index contributed by atoms with van der Waals surface area (Å²) in [6, 6.07) is 4.79. The van der Waals surface area contributed by atoms with Gasteiger partial charge in [-0.1, -0.05) is 13.8 Å². The van der Waals surface area contributed by atoms with Gasteiger partial charge in [0.25, 0.3) is 0 Å². The first-order valence-electron chi connectivity index (χ1n) is 5.77. The molecule has 1 aromatic heterocycles. The number of aromatic amines is 1. The van der Waals surface area contributed by atoms with Gasteiger partial charge in [-0.05, 0) is 43.1 Å². The van der Waals surface area contributed by atoms with E-state index in [0.717, 1.165) is 29.3 Å². The van der Waals surface area contributed by atoms with Gasteiger partial charge in [-0.25, -0.2) is 4.39 Å². The quantitative estimate of drug-likeness (QED) is 0.822. The highest BCUT2D eigenvalue weighted by molar-refractivity contribution is 5.83. The van der Waals surface area contributed by atoms with Crippen LogP contribution in [-0.2, 0) is 6.42 Å². The van der Waals surface area contributed by atoms with Gasteiger partial charge in [0.1, 0.15) is 5.82 Å². The lowest BCUT2D eigenvalue weighted by Gasteiger charge is -1.97. The van der Waals surface area contributed by atoms with Crippen LogP contribution >= 0.6 is 0 Å². The van der Waals surface area contributed by atoms with Crippen LogP contribution in [0.5, 0.6) is 0 Å². The fourth-order valence-electron chi connectivity index (χ4n) is 1.65. The number of hydrogen-bond acceptors (Lipinski definition) is 1. The largest absolute Gasteiger partial charge is 0.361 e. The van der Waals surface area contributed by atoms with Crippen molar-refractivity contribution in [1.82, 2.24) is 4.98 Å². The lowest BCUT2D eigenvalue weighted by molar-refractivity contribution is 0.629. The van der Waals surface area contributed by atoms with Crippen molar-refractivity contribution in [2.75, 3.05) is 6.54 Å². The van der Waals surface area contributed by atoms with Crippen LogP contribution in [0.2, 0.25) is 0 Å². The smallest absolute Gasteiger partial charge is 0.123 e. The lowest BCUT2D eigenvalue weighted by Crippen LogP contribution is -1.99. The topological polar surface area (TPSA) is 41.8 Å². The number of hydrogen-bond donors (Lipinski definition) is 2. The molecular formula is C13H19FN2. The average Bonchev–Trinajstić information content (AvgIpc) is 2.71. The SMILES string of the molecule is CC.NCCCc1c[nH]c2ccc(F)cc12. The Kier molecular flexibility index (Phi) is 4.99. The third-order valence-corrected chi connectivity index (χ3v) is 2.38. The second kappa shape index (κ2) is 6.28. The number of benzene rings is 1. The Morgan fingerprint density at radius 2 is 2.06 bits per heavy atom. The van der Waals surface area contributed by atoms with Crippen molar-refractivity contribution >= 4 is 10.9 Å². The molecule has 1 heterocycles. The zero-order valence-corrected chi connectivity index (χ0v) is 9.89. The van der Waals surface area contributed by atoms with Gasteiger partial charge in [-0.3, -0.25) is 0 Å². The van der Waals surface area contributed by atoms with Crippen molar-refractivity contribution < 1.29 is 4.39 Å². The molecule has 88 valence electrons. The van der Waals surface area contributed by atoms with Crippen LogP contribution in [0.4, 0.5) is 4.39 Å². The third kappa shape index (κ3) is 2.83. The van der Waals surface area contributed by atoms with E-state index in [4.69, 9.17) is 5.73 Å². The molecule has 0 bridgehead atoms. The van der Waals surface area contributed by atoms with Gasteiger partial charge in [-0.2, -0.15) is 0 Å². The Balaban J connectivity index is 0.000000606. The molecule has 1 aromatic carbocycles. The minimum atomic E-state index is -0.189. The number of halogens is 1. The number of nitrogens with two attached hydrogens (primary N) is 1. The molecule has 16 heavy (non-hydrogen) atoms. The third-order valence-electron chi connectivity index (χ3n) is 2.38. The summed E-state index contributed by atoms with van der Waals surface area (Å²) in [6.07, 6.45) is 3.77. The lowest BCUT2D eigenvalue weighted by atomic mass is 10.1. The molecule has 0 saturated carbocycles. The van der Waals surface area contributed by atoms with Gasteiger partial charge >= 0.3 is 0 Å². The maximum absolute atomic E-state index is 13.0. The van der Waals surface area contributed by atoms with Gasteiger partial charge in [0, 0.05) is 17.1 Å². The minimum Gasteiger partial charge on any atom is -0.361 e. The molecule has 0 amide bonds. The molecule has 0 atom stereocenters. The summed E-state index contributed by atoms with van der Waals surface area (Å²) in [5.41, 5.74) is 7.56. The van der Waals surface area contributed by atoms with Gasteiger partial charge in [-0.15, -0.1) is 0 Å². The summed E-state index contributed by atoms with van der Waals surface area (Å²) in [4.78, 5) is 3.12. The maximum atomic E-state index is 13.0. The molecule has 2 nitrogen and oxygen atoms in total. The van der Waals surface area contributed by atoms with Crippen LogP contribution in [0.15, 0.2) is 24.4 Å². The van der Waals surface area contributed by atoms with Crippen molar-refractivity contribution in [2.24, 2.45) is 5.73 Å². The summed E-state index contributed by atoms with van der Waals surface area (Å²) >= 11 is 0. The van der Waals surface area contributed by atoms with Gasteiger partial charge in [0.15, 0.2) is 0 Å². The van der Waals surface area contributed by atoms with Crippen LogP contribution in [0.25, 0.3) is 10.9 Å². The minimum absolute atomic E-state index is 0.189. The summed E-state index contributed by atoms with van der Waals surface area (Å²) < 4.78 is 13.0. The van der Waals surface area contributed by atoms with Crippen LogP contribution in [0.1, 0.15) is 25.8 Å². The molecule has 0 fully saturated rings. The van der Waals surface area contributed by atoms with Crippen LogP contribution < -0.4 is 5.73 Å². The van der Waals surface area contributed by atoms with Gasteiger partial charge < -0.3 is 10.7 Å². The number of aromatic nitrogens is 1. The molecule has 2 rings (SSSR count). The van der Waals surface area contributed by atoms with Crippen molar-refractivity contribution in [1.29, 1.82) is 0 Å². The second-order valence-electron chi connectivity index (χ2n) is 3.40. The summed E-state index contributed by atoms with van der Waals surface area (Å²) in [6.45, 7) is 4.67. The number of rotatable bonds is 3. The fourth-order valence-corrected chi connectivity index (χ4v) is 1.65. The highest BCUT2D eigenvalue weighted by Gasteiger charge is 2.03. The standard InChI is InChI=1S/C11H13FN2.C2H6/c12-9-3-4-11-10(6-9)8(7-14-11)2-1-5-13;1-2/h3-4,6-7,14H,1-2,5,13H2;1-2H3. The maximum Gasteiger partial charge on any atom is 0.123 e. The Morgan fingerprint density at radius 3 is 2.75 bits per heavy atom. The van der Waals surface area contributed by atoms with Crippen molar-refractivity contribution in [3.8, 4) is 0 Å². The zero-order valence-electron chi connectivity index (χ0n) is 9.89. The van der Waals surface area contributed by atoms with Gasteiger partial charge in [0.05, 0.1) is 0 Å². The molecule has 0 aliphatic heterocycles. The van der Waals surface area contributed by atoms with E-state index in [9.17, 15) is 4.39 Å². The van der Waals surface area contributed by atoms with E-state index in [2.05, 4.69) is 4.98 Å². The van der Waals surface area contributed by atoms with E-state index < -0.39 is 0 Å². The van der Waals surface area contributed by atoms with E-state index in [0.29, 0.717) is 6.54 Å². The monoisotopic (exact) mass is 222 g/mol. The molecule has 0 radical (unpaired) electrons. The Hall–Kier alpha value is -1.35. The predicted molar refractivity (Wildman–Crippen MR) is 67.0 cm³/mol. The fraction of sp³-hybridized carbons (Fsp3) is 0.385. The zero-order chi connectivity index (χ0) is 12.0. The number of fused-ring (bicyclic) bond motifs is 1. The molecule has 3 N–H and O–H groups in total. The predicted octanol–water partition coefficient (Wildman–Crippen LogP) is 3.22. The first kappa shape index (κ1) is 12.7. The van der Waals surface area contributed by atoms with Crippen LogP contribution in [0.3, 0.4) is 0 Å². The normalized spacial score (nSPS) is 10.0. The molecular weight excluding hydrogens is 203 g/mol. The number of nitrogens with one attached hydrogen (secondary N) is 1. The molecule has 2 aromatic rings. The number of H-pyrrole nitrogens is 1. The molecule has 0 aliphatic rings. The van der Waals surface area contributed by atoms with Crippen LogP contribution in [0, 0.1) is 5.82 Å². The molecule has 3 heteroatoms. The molecule has 0 aliphatic carbocycles. The Morgan fingerprint density at radius 1 is 1.31 bits per heavy atom. The first-order chi connectivity index (χ1) is 7.81.